The van der Waals surface area contributed by atoms with Gasteiger partial charge in [-0.1, -0.05) is 17.7 Å². The lowest BCUT2D eigenvalue weighted by molar-refractivity contribution is 0.505. The Morgan fingerprint density at radius 1 is 1.29 bits per heavy atom. The van der Waals surface area contributed by atoms with Crippen LogP contribution >= 0.6 is 0 Å². The summed E-state index contributed by atoms with van der Waals surface area (Å²) < 4.78 is 25.9. The van der Waals surface area contributed by atoms with Crippen LogP contribution in [0.15, 0.2) is 29.8 Å². The molecule has 1 nitrogen and oxygen atoms in total. The Morgan fingerprint density at radius 2 is 2.12 bits per heavy atom. The minimum atomic E-state index is -0.783. The highest BCUT2D eigenvalue weighted by molar-refractivity contribution is 5.24. The van der Waals surface area contributed by atoms with Crippen LogP contribution in [0.1, 0.15) is 24.8 Å². The molecule has 1 unspecified atom stereocenters. The molecule has 0 amide bonds. The average molecular weight is 237 g/mol. The molecule has 0 radical (unpaired) electrons. The number of benzene rings is 1. The van der Waals surface area contributed by atoms with Gasteiger partial charge in [0.15, 0.2) is 11.6 Å². The van der Waals surface area contributed by atoms with Crippen molar-refractivity contribution in [3.05, 3.63) is 47.0 Å². The predicted molar refractivity (Wildman–Crippen MR) is 64.8 cm³/mol. The van der Waals surface area contributed by atoms with Gasteiger partial charge in [0, 0.05) is 6.04 Å². The second-order valence-electron chi connectivity index (χ2n) is 4.47. The molecule has 1 N–H and O–H groups in total. The van der Waals surface area contributed by atoms with E-state index in [0.717, 1.165) is 18.4 Å². The number of likely N-dealkylation sites (N-methyl/N-ethyl adjacent to an activating group) is 1. The second kappa shape index (κ2) is 5.41. The molecule has 0 aliphatic heterocycles. The van der Waals surface area contributed by atoms with Gasteiger partial charge < -0.3 is 5.32 Å². The van der Waals surface area contributed by atoms with E-state index >= 15 is 0 Å². The van der Waals surface area contributed by atoms with Gasteiger partial charge in [-0.15, -0.1) is 0 Å². The third kappa shape index (κ3) is 2.91. The lowest BCUT2D eigenvalue weighted by atomic mass is 9.98. The first kappa shape index (κ1) is 12.2. The molecular formula is C14H17F2N. The van der Waals surface area contributed by atoms with Gasteiger partial charge in [-0.3, -0.25) is 0 Å². The van der Waals surface area contributed by atoms with Crippen molar-refractivity contribution in [2.24, 2.45) is 0 Å². The second-order valence-corrected chi connectivity index (χ2v) is 4.47. The molecule has 1 aliphatic carbocycles. The number of rotatable bonds is 4. The minimum Gasteiger partial charge on any atom is -0.313 e. The monoisotopic (exact) mass is 237 g/mol. The normalized spacial score (nSPS) is 17.0. The molecule has 1 aromatic carbocycles. The Labute approximate surface area is 101 Å². The number of halogens is 2. The average Bonchev–Trinajstić information content (AvgIpc) is 2.84. The van der Waals surface area contributed by atoms with E-state index in [0.29, 0.717) is 6.42 Å². The number of hydrogen-bond acceptors (Lipinski definition) is 1. The van der Waals surface area contributed by atoms with E-state index in [9.17, 15) is 8.78 Å². The highest BCUT2D eigenvalue weighted by atomic mass is 19.2. The van der Waals surface area contributed by atoms with E-state index in [1.807, 2.05) is 7.05 Å². The zero-order valence-corrected chi connectivity index (χ0v) is 9.97. The summed E-state index contributed by atoms with van der Waals surface area (Å²) in [7, 11) is 1.91. The zero-order valence-electron chi connectivity index (χ0n) is 9.97. The number of nitrogens with one attached hydrogen (secondary N) is 1. The molecule has 1 aliphatic rings. The fourth-order valence-electron chi connectivity index (χ4n) is 2.33. The van der Waals surface area contributed by atoms with Gasteiger partial charge in [0.2, 0.25) is 0 Å². The van der Waals surface area contributed by atoms with E-state index in [1.54, 1.807) is 6.07 Å². The van der Waals surface area contributed by atoms with Gasteiger partial charge in [-0.05, 0) is 50.4 Å². The van der Waals surface area contributed by atoms with Gasteiger partial charge in [0.05, 0.1) is 0 Å². The van der Waals surface area contributed by atoms with E-state index in [1.165, 1.54) is 24.1 Å². The van der Waals surface area contributed by atoms with Crippen molar-refractivity contribution in [1.29, 1.82) is 0 Å². The summed E-state index contributed by atoms with van der Waals surface area (Å²) in [5.74, 6) is -1.55. The van der Waals surface area contributed by atoms with Gasteiger partial charge in [0.25, 0.3) is 0 Å². The summed E-state index contributed by atoms with van der Waals surface area (Å²) in [6.07, 6.45) is 6.40. The van der Waals surface area contributed by atoms with Crippen LogP contribution in [0.4, 0.5) is 8.78 Å². The maximum absolute atomic E-state index is 13.1. The first-order valence-corrected chi connectivity index (χ1v) is 6.01. The maximum Gasteiger partial charge on any atom is 0.159 e. The van der Waals surface area contributed by atoms with E-state index < -0.39 is 11.6 Å². The lowest BCUT2D eigenvalue weighted by Gasteiger charge is -2.18. The molecule has 0 fully saturated rings. The Morgan fingerprint density at radius 3 is 2.71 bits per heavy atom. The Balaban J connectivity index is 2.09. The molecular weight excluding hydrogens is 220 g/mol. The molecule has 0 bridgehead atoms. The molecule has 0 saturated heterocycles. The first-order valence-electron chi connectivity index (χ1n) is 6.01. The van der Waals surface area contributed by atoms with Crippen LogP contribution in [0.2, 0.25) is 0 Å². The van der Waals surface area contributed by atoms with Crippen molar-refractivity contribution >= 4 is 0 Å². The highest BCUT2D eigenvalue weighted by Crippen LogP contribution is 2.23. The van der Waals surface area contributed by atoms with Crippen molar-refractivity contribution in [3.63, 3.8) is 0 Å². The molecule has 1 aromatic rings. The largest absolute Gasteiger partial charge is 0.313 e. The summed E-state index contributed by atoms with van der Waals surface area (Å²) in [6.45, 7) is 0. The SMILES string of the molecule is CNC(Cc1ccc(F)c(F)c1)C1=CCCC1. The zero-order chi connectivity index (χ0) is 12.3. The van der Waals surface area contributed by atoms with Crippen LogP contribution < -0.4 is 5.32 Å². The van der Waals surface area contributed by atoms with Crippen molar-refractivity contribution in [1.82, 2.24) is 5.32 Å². The third-order valence-electron chi connectivity index (χ3n) is 3.30. The molecule has 92 valence electrons. The van der Waals surface area contributed by atoms with Gasteiger partial charge >= 0.3 is 0 Å². The Kier molecular flexibility index (Phi) is 3.89. The van der Waals surface area contributed by atoms with Crippen LogP contribution in [0.25, 0.3) is 0 Å². The van der Waals surface area contributed by atoms with E-state index in [2.05, 4.69) is 11.4 Å². The molecule has 3 heteroatoms. The van der Waals surface area contributed by atoms with Crippen molar-refractivity contribution in [2.45, 2.75) is 31.7 Å². The van der Waals surface area contributed by atoms with E-state index in [-0.39, 0.29) is 6.04 Å². The highest BCUT2D eigenvalue weighted by Gasteiger charge is 2.16. The summed E-state index contributed by atoms with van der Waals surface area (Å²) in [5.41, 5.74) is 2.22. The first-order chi connectivity index (χ1) is 8.20. The fraction of sp³-hybridized carbons (Fsp3) is 0.429. The number of hydrogen-bond donors (Lipinski definition) is 1. The Hall–Kier alpha value is -1.22. The van der Waals surface area contributed by atoms with Crippen molar-refractivity contribution in [3.8, 4) is 0 Å². The third-order valence-corrected chi connectivity index (χ3v) is 3.30. The van der Waals surface area contributed by atoms with Crippen molar-refractivity contribution < 1.29 is 8.78 Å². The smallest absolute Gasteiger partial charge is 0.159 e. The molecule has 0 heterocycles. The van der Waals surface area contributed by atoms with Crippen LogP contribution in [-0.4, -0.2) is 13.1 Å². The van der Waals surface area contributed by atoms with Crippen LogP contribution in [-0.2, 0) is 6.42 Å². The van der Waals surface area contributed by atoms with Gasteiger partial charge in [-0.25, -0.2) is 8.78 Å². The molecule has 1 atom stereocenters. The summed E-state index contributed by atoms with van der Waals surface area (Å²) in [6, 6.07) is 4.37. The molecule has 0 spiro atoms. The van der Waals surface area contributed by atoms with Crippen LogP contribution in [0, 0.1) is 11.6 Å². The van der Waals surface area contributed by atoms with E-state index in [4.69, 9.17) is 0 Å². The fourth-order valence-corrected chi connectivity index (χ4v) is 2.33. The van der Waals surface area contributed by atoms with Crippen LogP contribution in [0.3, 0.4) is 0 Å². The number of allylic oxidation sites excluding steroid dienone is 1. The van der Waals surface area contributed by atoms with Crippen molar-refractivity contribution in [2.75, 3.05) is 7.05 Å². The quantitative estimate of drug-likeness (QED) is 0.793. The lowest BCUT2D eigenvalue weighted by Crippen LogP contribution is -2.29. The Bertz CT molecular complexity index is 426. The summed E-state index contributed by atoms with van der Waals surface area (Å²) >= 11 is 0. The summed E-state index contributed by atoms with van der Waals surface area (Å²) in [5, 5.41) is 3.24. The summed E-state index contributed by atoms with van der Waals surface area (Å²) in [4.78, 5) is 0. The van der Waals surface area contributed by atoms with Gasteiger partial charge in [0.1, 0.15) is 0 Å². The predicted octanol–water partition coefficient (Wildman–Crippen LogP) is 3.21. The topological polar surface area (TPSA) is 12.0 Å². The van der Waals surface area contributed by atoms with Crippen LogP contribution in [0.5, 0.6) is 0 Å². The molecule has 2 rings (SSSR count). The minimum absolute atomic E-state index is 0.238. The molecule has 0 saturated carbocycles. The molecule has 17 heavy (non-hydrogen) atoms. The maximum atomic E-state index is 13.1. The molecule has 0 aromatic heterocycles. The standard InChI is InChI=1S/C14H17F2N/c1-17-14(11-4-2-3-5-11)9-10-6-7-12(15)13(16)8-10/h4,6-8,14,17H,2-3,5,9H2,1H3. The van der Waals surface area contributed by atoms with Gasteiger partial charge in [-0.2, -0.15) is 0 Å².